The number of nitrogens with zero attached hydrogens (tertiary/aromatic N) is 7. The van der Waals surface area contributed by atoms with Crippen molar-refractivity contribution in [1.82, 2.24) is 29.6 Å². The van der Waals surface area contributed by atoms with E-state index in [-0.39, 0.29) is 95.3 Å². The Morgan fingerprint density at radius 1 is 0.641 bits per heavy atom. The number of carbonyl (C=O) groups excluding carboxylic acids is 2. The van der Waals surface area contributed by atoms with Gasteiger partial charge in [0.1, 0.15) is 53.3 Å². The number of halogens is 12. The summed E-state index contributed by atoms with van der Waals surface area (Å²) in [7, 11) is -3.02. The summed E-state index contributed by atoms with van der Waals surface area (Å²) in [6.45, 7) is -0.354. The molecule has 14 nitrogen and oxygen atoms in total. The molecule has 1 N–H and O–H groups in total. The molecule has 0 saturated carbocycles. The highest BCUT2D eigenvalue weighted by molar-refractivity contribution is 8.13. The summed E-state index contributed by atoms with van der Waals surface area (Å²) in [6, 6.07) is 17.4. The number of aryl methyl sites for hydroxylation is 2. The molecule has 2 aliphatic heterocycles. The zero-order chi connectivity index (χ0) is 56.5. The molecular weight excluding hydrogens is 1130 g/mol. The molecule has 0 amide bonds. The van der Waals surface area contributed by atoms with E-state index in [9.17, 15) is 80.9 Å². The predicted octanol–water partition coefficient (Wildman–Crippen LogP) is 9.89. The lowest BCUT2D eigenvalue weighted by atomic mass is 9.99. The maximum absolute atomic E-state index is 14.2. The number of aromatic nitrogens is 4. The summed E-state index contributed by atoms with van der Waals surface area (Å²) < 4.78 is 177. The summed E-state index contributed by atoms with van der Waals surface area (Å²) >= 11 is 0. The van der Waals surface area contributed by atoms with E-state index in [1.165, 1.54) is 30.6 Å². The molecule has 0 radical (unpaired) electrons. The van der Waals surface area contributed by atoms with E-state index in [1.54, 1.807) is 6.07 Å². The molecule has 0 unspecified atom stereocenters. The van der Waals surface area contributed by atoms with Gasteiger partial charge in [-0.25, -0.2) is 34.4 Å². The fraction of sp³-hybridized carbons (Fsp3) is 0.280. The van der Waals surface area contributed by atoms with Crippen LogP contribution < -0.4 is 5.32 Å². The number of pyridine rings is 4. The van der Waals surface area contributed by atoms with E-state index in [1.807, 2.05) is 12.1 Å². The van der Waals surface area contributed by atoms with Crippen LogP contribution in [0.5, 0.6) is 0 Å². The lowest BCUT2D eigenvalue weighted by molar-refractivity contribution is -0.141. The first-order chi connectivity index (χ1) is 36.2. The quantitative estimate of drug-likeness (QED) is 0.0842. The summed E-state index contributed by atoms with van der Waals surface area (Å²) in [5, 5.41) is 21.5. The highest BCUT2D eigenvalue weighted by atomic mass is 35.7. The zero-order valence-corrected chi connectivity index (χ0v) is 43.0. The van der Waals surface area contributed by atoms with Crippen LogP contribution in [0.4, 0.5) is 43.9 Å². The maximum atomic E-state index is 14.2. The van der Waals surface area contributed by atoms with Gasteiger partial charge in [0, 0.05) is 108 Å². The predicted molar refractivity (Wildman–Crippen MR) is 263 cm³/mol. The number of hydrogen-bond donors (Lipinski definition) is 1. The Hall–Kier alpha value is -6.94. The number of alkyl halides is 8. The normalized spacial score (nSPS) is 17.5. The first-order valence-electron chi connectivity index (χ1n) is 22.6. The van der Waals surface area contributed by atoms with Gasteiger partial charge in [-0.3, -0.25) is 29.5 Å². The van der Waals surface area contributed by atoms with E-state index < -0.39 is 91.2 Å². The van der Waals surface area contributed by atoms with E-state index in [2.05, 4.69) is 25.3 Å². The third-order valence-electron chi connectivity index (χ3n) is 11.7. The first kappa shape index (κ1) is 61.9. The molecule has 28 heteroatoms. The summed E-state index contributed by atoms with van der Waals surface area (Å²) in [6.07, 6.45) is -7.16. The Balaban J connectivity index is 0.000000245. The van der Waals surface area contributed by atoms with Crippen molar-refractivity contribution < 1.29 is 70.3 Å². The fourth-order valence-corrected chi connectivity index (χ4v) is 10.2. The topological polar surface area (TPSA) is 217 Å². The number of ketones is 2. The number of carbonyl (C=O) groups is 2. The van der Waals surface area contributed by atoms with Crippen LogP contribution in [-0.2, 0) is 53.9 Å². The molecule has 0 spiro atoms. The Labute approximate surface area is 450 Å². The van der Waals surface area contributed by atoms with Crippen LogP contribution in [0.2, 0.25) is 0 Å². The standard InChI is InChI=1S/C25H19F5N4O3S.C19H16F4N4O.C6H4ClFO2S.ClH/c26-17-2-5-20(6-3-17)38(36,37)34-14-18(27)9-22(34)23(35)7-4-19-10-21(16(11-31)13-32-19)15-1-8-24(33-12-15)25(28,29)30;20-13-5-16(26-10-13)17(28)3-2-14-6-15(12(7-24)9-25-14)11-1-4-18(27-8-11)19(21,22)23;7-11(9,10)6-3-1-5(8)2-4-6;/h1-3,5-6,8,10,12-13,18,22H,4,7,9,14H2;1,4,6,8-9,13,16,26H,2-3,5,10H2;1-4H;1H/t18-,22+;13-,16+;;/m11../s1. The van der Waals surface area contributed by atoms with E-state index >= 15 is 0 Å². The Kier molecular flexibility index (Phi) is 20.7. The number of nitrogens with one attached hydrogen (secondary N) is 1. The van der Waals surface area contributed by atoms with Gasteiger partial charge >= 0.3 is 12.4 Å². The lowest BCUT2D eigenvalue weighted by Crippen LogP contribution is -2.40. The fourth-order valence-electron chi connectivity index (χ4n) is 7.80. The van der Waals surface area contributed by atoms with Crippen LogP contribution in [0.25, 0.3) is 22.3 Å². The van der Waals surface area contributed by atoms with Crippen LogP contribution in [0.3, 0.4) is 0 Å². The third kappa shape index (κ3) is 16.3. The molecule has 2 fully saturated rings. The smallest absolute Gasteiger partial charge is 0.304 e. The monoisotopic (exact) mass is 1170 g/mol. The summed E-state index contributed by atoms with van der Waals surface area (Å²) in [5.74, 6) is -1.82. The summed E-state index contributed by atoms with van der Waals surface area (Å²) in [4.78, 5) is 39.8. The molecule has 0 aliphatic carbocycles. The van der Waals surface area contributed by atoms with Crippen LogP contribution in [0.15, 0.2) is 120 Å². The lowest BCUT2D eigenvalue weighted by Gasteiger charge is -2.22. The van der Waals surface area contributed by atoms with Crippen molar-refractivity contribution in [3.63, 3.8) is 0 Å². The number of nitriles is 2. The third-order valence-corrected chi connectivity index (χ3v) is 15.0. The molecule has 8 rings (SSSR count). The van der Waals surface area contributed by atoms with Gasteiger partial charge < -0.3 is 5.32 Å². The van der Waals surface area contributed by atoms with Crippen LogP contribution in [-0.4, -0.2) is 90.2 Å². The number of benzene rings is 2. The van der Waals surface area contributed by atoms with Crippen molar-refractivity contribution in [1.29, 1.82) is 10.5 Å². The molecule has 2 saturated heterocycles. The van der Waals surface area contributed by atoms with Crippen molar-refractivity contribution in [2.75, 3.05) is 13.1 Å². The van der Waals surface area contributed by atoms with E-state index in [0.29, 0.717) is 22.5 Å². The van der Waals surface area contributed by atoms with Crippen LogP contribution >= 0.6 is 23.1 Å². The van der Waals surface area contributed by atoms with Gasteiger partial charge in [-0.05, 0) is 85.6 Å². The minimum absolute atomic E-state index is 0. The van der Waals surface area contributed by atoms with E-state index in [0.717, 1.165) is 77.4 Å². The SMILES string of the molecule is Cl.N#Cc1cnc(CCC(=O)[C@@H]2C[C@@H](F)CN2)cc1-c1ccc(C(F)(F)F)nc1.N#Cc1cnc(CCC(=O)[C@@H]2C[C@@H](F)CN2S(=O)(=O)c2ccc(F)cc2)cc1-c1ccc(C(F)(F)F)nc1.O=S(=O)(Cl)c1ccc(F)cc1. The van der Waals surface area contributed by atoms with Gasteiger partial charge in [-0.15, -0.1) is 12.4 Å². The number of hydrogen-bond acceptors (Lipinski definition) is 13. The largest absolute Gasteiger partial charge is 0.433 e. The summed E-state index contributed by atoms with van der Waals surface area (Å²) in [5.41, 5.74) is 0.206. The molecule has 2 aromatic carbocycles. The minimum Gasteiger partial charge on any atom is -0.304 e. The van der Waals surface area contributed by atoms with Gasteiger partial charge in [0.05, 0.1) is 33.0 Å². The molecule has 6 heterocycles. The molecule has 4 aromatic heterocycles. The number of rotatable bonds is 13. The van der Waals surface area contributed by atoms with Crippen molar-refractivity contribution in [3.8, 4) is 34.4 Å². The molecular formula is C50H40Cl2F10N8O6S2. The van der Waals surface area contributed by atoms with Gasteiger partial charge in [-0.2, -0.15) is 41.2 Å². The number of sulfonamides is 1. The first-order valence-corrected chi connectivity index (χ1v) is 26.3. The Bertz CT molecular complexity index is 3410. The molecule has 2 aliphatic rings. The molecule has 412 valence electrons. The van der Waals surface area contributed by atoms with Crippen LogP contribution in [0.1, 0.15) is 59.6 Å². The van der Waals surface area contributed by atoms with Crippen molar-refractivity contribution in [2.45, 2.75) is 85.1 Å². The second kappa shape index (κ2) is 26.1. The van der Waals surface area contributed by atoms with Crippen molar-refractivity contribution in [2.24, 2.45) is 0 Å². The second-order valence-corrected chi connectivity index (χ2v) is 21.5. The van der Waals surface area contributed by atoms with Crippen molar-refractivity contribution >= 4 is 53.7 Å². The van der Waals surface area contributed by atoms with Crippen LogP contribution in [0, 0.1) is 34.3 Å². The highest BCUT2D eigenvalue weighted by Gasteiger charge is 2.44. The molecule has 78 heavy (non-hydrogen) atoms. The Morgan fingerprint density at radius 2 is 1.09 bits per heavy atom. The average molecular weight is 1170 g/mol. The van der Waals surface area contributed by atoms with Gasteiger partial charge in [0.25, 0.3) is 9.05 Å². The van der Waals surface area contributed by atoms with E-state index in [4.69, 9.17) is 10.7 Å². The minimum atomic E-state index is -4.63. The van der Waals surface area contributed by atoms with Gasteiger partial charge in [-0.1, -0.05) is 12.1 Å². The Morgan fingerprint density at radius 3 is 1.47 bits per heavy atom. The van der Waals surface area contributed by atoms with Gasteiger partial charge in [0.2, 0.25) is 10.0 Å². The number of Topliss-reactive ketones (excluding diaryl/α,β-unsaturated/α-hetero) is 2. The maximum Gasteiger partial charge on any atom is 0.433 e. The highest BCUT2D eigenvalue weighted by Crippen LogP contribution is 2.33. The molecule has 4 atom stereocenters. The average Bonchev–Trinajstić information content (AvgIpc) is 4.10. The van der Waals surface area contributed by atoms with Gasteiger partial charge in [0.15, 0.2) is 5.78 Å². The molecule has 0 bridgehead atoms. The zero-order valence-electron chi connectivity index (χ0n) is 39.8. The molecule has 6 aromatic rings. The second-order valence-electron chi connectivity index (χ2n) is 17.0. The van der Waals surface area contributed by atoms with Crippen molar-refractivity contribution in [3.05, 3.63) is 155 Å².